The smallest absolute Gasteiger partial charge is 0.324 e. The third-order valence-electron chi connectivity index (χ3n) is 4.03. The van der Waals surface area contributed by atoms with E-state index in [1.807, 2.05) is 36.1 Å². The number of nitrogens with zero attached hydrogens (tertiary/aromatic N) is 2. The second-order valence-corrected chi connectivity index (χ2v) is 5.71. The number of anilines is 1. The van der Waals surface area contributed by atoms with Crippen molar-refractivity contribution in [2.24, 2.45) is 5.92 Å². The fourth-order valence-electron chi connectivity index (χ4n) is 2.66. The summed E-state index contributed by atoms with van der Waals surface area (Å²) in [5, 5.41) is 8.72. The average Bonchev–Trinajstić information content (AvgIpc) is 2.93. The van der Waals surface area contributed by atoms with Crippen LogP contribution in [0.25, 0.3) is 0 Å². The van der Waals surface area contributed by atoms with E-state index in [1.54, 1.807) is 11.9 Å². The monoisotopic (exact) mass is 290 g/mol. The molecule has 1 unspecified atom stereocenters. The maximum Gasteiger partial charge on any atom is 0.324 e. The number of carbonyl (C=O) groups is 2. The molecule has 0 aromatic heterocycles. The molecule has 21 heavy (non-hydrogen) atoms. The van der Waals surface area contributed by atoms with E-state index >= 15 is 0 Å². The third kappa shape index (κ3) is 3.97. The Labute approximate surface area is 125 Å². The number of carboxylic acids is 1. The van der Waals surface area contributed by atoms with Gasteiger partial charge in [-0.05, 0) is 37.8 Å². The van der Waals surface area contributed by atoms with Crippen molar-refractivity contribution in [2.75, 3.05) is 25.0 Å². The minimum absolute atomic E-state index is 0.0170. The zero-order valence-electron chi connectivity index (χ0n) is 12.6. The summed E-state index contributed by atoms with van der Waals surface area (Å²) in [6, 6.07) is 7.82. The fraction of sp³-hybridized carbons (Fsp3) is 0.500. The van der Waals surface area contributed by atoms with Crippen LogP contribution in [-0.4, -0.2) is 42.1 Å². The highest BCUT2D eigenvalue weighted by Crippen LogP contribution is 2.23. The number of urea groups is 1. The van der Waals surface area contributed by atoms with Crippen LogP contribution in [0, 0.1) is 12.8 Å². The maximum atomic E-state index is 12.4. The van der Waals surface area contributed by atoms with Gasteiger partial charge >= 0.3 is 12.0 Å². The standard InChI is InChI=1S/C16H22N2O3/c1-12-3-6-14(7-4-12)17(2)16(21)18-10-9-13(11-18)5-8-15(19)20/h3-4,6-7,13H,5,8-11H2,1-2H3,(H,19,20). The Balaban J connectivity index is 1.91. The van der Waals surface area contributed by atoms with Gasteiger partial charge in [-0.15, -0.1) is 0 Å². The molecule has 0 aliphatic carbocycles. The van der Waals surface area contributed by atoms with Gasteiger partial charge in [0.25, 0.3) is 0 Å². The number of aryl methyl sites for hydroxylation is 1. The summed E-state index contributed by atoms with van der Waals surface area (Å²) in [5.41, 5.74) is 2.04. The molecule has 114 valence electrons. The number of amides is 2. The summed E-state index contributed by atoms with van der Waals surface area (Å²) < 4.78 is 0. The summed E-state index contributed by atoms with van der Waals surface area (Å²) in [6.45, 7) is 3.38. The molecule has 1 saturated heterocycles. The number of rotatable bonds is 4. The zero-order chi connectivity index (χ0) is 15.4. The third-order valence-corrected chi connectivity index (χ3v) is 4.03. The molecule has 2 rings (SSSR count). The minimum atomic E-state index is -0.767. The van der Waals surface area contributed by atoms with Crippen LogP contribution in [0.4, 0.5) is 10.5 Å². The lowest BCUT2D eigenvalue weighted by Crippen LogP contribution is -2.40. The highest BCUT2D eigenvalue weighted by atomic mass is 16.4. The quantitative estimate of drug-likeness (QED) is 0.927. The van der Waals surface area contributed by atoms with Crippen molar-refractivity contribution in [2.45, 2.75) is 26.2 Å². The molecule has 0 bridgehead atoms. The zero-order valence-corrected chi connectivity index (χ0v) is 12.6. The Morgan fingerprint density at radius 3 is 2.62 bits per heavy atom. The molecule has 0 radical (unpaired) electrons. The molecular formula is C16H22N2O3. The summed E-state index contributed by atoms with van der Waals surface area (Å²) in [6.07, 6.45) is 1.72. The van der Waals surface area contributed by atoms with E-state index < -0.39 is 5.97 Å². The summed E-state index contributed by atoms with van der Waals surface area (Å²) in [7, 11) is 1.78. The Morgan fingerprint density at radius 1 is 1.33 bits per heavy atom. The van der Waals surface area contributed by atoms with E-state index in [-0.39, 0.29) is 12.5 Å². The lowest BCUT2D eigenvalue weighted by molar-refractivity contribution is -0.137. The Bertz CT molecular complexity index is 513. The highest BCUT2D eigenvalue weighted by Gasteiger charge is 2.28. The number of benzene rings is 1. The molecule has 1 N–H and O–H groups in total. The molecule has 1 aromatic carbocycles. The minimum Gasteiger partial charge on any atom is -0.481 e. The molecule has 5 nitrogen and oxygen atoms in total. The number of aliphatic carboxylic acids is 1. The fourth-order valence-corrected chi connectivity index (χ4v) is 2.66. The van der Waals surface area contributed by atoms with Crippen LogP contribution in [0.5, 0.6) is 0 Å². The number of hydrogen-bond acceptors (Lipinski definition) is 2. The normalized spacial score (nSPS) is 17.8. The van der Waals surface area contributed by atoms with Crippen LogP contribution in [-0.2, 0) is 4.79 Å². The number of hydrogen-bond donors (Lipinski definition) is 1. The van der Waals surface area contributed by atoms with E-state index in [9.17, 15) is 9.59 Å². The lowest BCUT2D eigenvalue weighted by atomic mass is 10.0. The van der Waals surface area contributed by atoms with E-state index in [2.05, 4.69) is 0 Å². The lowest BCUT2D eigenvalue weighted by Gasteiger charge is -2.25. The molecule has 1 aliphatic rings. The molecule has 5 heteroatoms. The highest BCUT2D eigenvalue weighted by molar-refractivity contribution is 5.91. The topological polar surface area (TPSA) is 60.9 Å². The molecule has 1 aliphatic heterocycles. The van der Waals surface area contributed by atoms with Gasteiger partial charge in [-0.25, -0.2) is 4.79 Å². The molecule has 1 heterocycles. The van der Waals surface area contributed by atoms with Crippen LogP contribution < -0.4 is 4.90 Å². The van der Waals surface area contributed by atoms with Gasteiger partial charge < -0.3 is 10.0 Å². The van der Waals surface area contributed by atoms with Gasteiger partial charge in [0.2, 0.25) is 0 Å². The van der Waals surface area contributed by atoms with Crippen molar-refractivity contribution in [3.05, 3.63) is 29.8 Å². The maximum absolute atomic E-state index is 12.4. The number of carbonyl (C=O) groups excluding carboxylic acids is 1. The Kier molecular flexibility index (Phi) is 4.83. The first kappa shape index (κ1) is 15.4. The predicted octanol–water partition coefficient (Wildman–Crippen LogP) is 2.74. The van der Waals surface area contributed by atoms with Gasteiger partial charge in [0.05, 0.1) is 0 Å². The largest absolute Gasteiger partial charge is 0.481 e. The molecule has 0 saturated carbocycles. The van der Waals surface area contributed by atoms with E-state index in [0.717, 1.165) is 17.7 Å². The molecule has 2 amide bonds. The van der Waals surface area contributed by atoms with Gasteiger partial charge in [0.15, 0.2) is 0 Å². The van der Waals surface area contributed by atoms with Gasteiger partial charge in [0, 0.05) is 32.2 Å². The van der Waals surface area contributed by atoms with Gasteiger partial charge in [-0.3, -0.25) is 9.69 Å². The second-order valence-electron chi connectivity index (χ2n) is 5.71. The Morgan fingerprint density at radius 2 is 2.00 bits per heavy atom. The van der Waals surface area contributed by atoms with Crippen molar-refractivity contribution in [3.8, 4) is 0 Å². The van der Waals surface area contributed by atoms with Gasteiger partial charge in [-0.2, -0.15) is 0 Å². The van der Waals surface area contributed by atoms with Crippen molar-refractivity contribution in [1.82, 2.24) is 4.90 Å². The van der Waals surface area contributed by atoms with Crippen LogP contribution in [0.2, 0.25) is 0 Å². The van der Waals surface area contributed by atoms with Gasteiger partial charge in [0.1, 0.15) is 0 Å². The summed E-state index contributed by atoms with van der Waals surface area (Å²) >= 11 is 0. The molecule has 1 fully saturated rings. The van der Waals surface area contributed by atoms with Gasteiger partial charge in [-0.1, -0.05) is 17.7 Å². The molecule has 0 spiro atoms. The average molecular weight is 290 g/mol. The predicted molar refractivity (Wildman–Crippen MR) is 81.5 cm³/mol. The van der Waals surface area contributed by atoms with Crippen molar-refractivity contribution < 1.29 is 14.7 Å². The van der Waals surface area contributed by atoms with Crippen LogP contribution in [0.3, 0.4) is 0 Å². The molecule has 1 atom stereocenters. The van der Waals surface area contributed by atoms with Crippen molar-refractivity contribution >= 4 is 17.7 Å². The van der Waals surface area contributed by atoms with Crippen LogP contribution in [0.1, 0.15) is 24.8 Å². The number of carboxylic acid groups (broad SMARTS) is 1. The van der Waals surface area contributed by atoms with E-state index in [0.29, 0.717) is 25.4 Å². The van der Waals surface area contributed by atoms with Crippen molar-refractivity contribution in [1.29, 1.82) is 0 Å². The van der Waals surface area contributed by atoms with E-state index in [1.165, 1.54) is 0 Å². The van der Waals surface area contributed by atoms with Crippen LogP contribution in [0.15, 0.2) is 24.3 Å². The summed E-state index contributed by atoms with van der Waals surface area (Å²) in [4.78, 5) is 26.5. The molecule has 1 aromatic rings. The Hall–Kier alpha value is -2.04. The first-order chi connectivity index (χ1) is 9.97. The van der Waals surface area contributed by atoms with E-state index in [4.69, 9.17) is 5.11 Å². The number of likely N-dealkylation sites (tertiary alicyclic amines) is 1. The van der Waals surface area contributed by atoms with Crippen LogP contribution >= 0.6 is 0 Å². The summed E-state index contributed by atoms with van der Waals surface area (Å²) in [5.74, 6) is -0.465. The first-order valence-corrected chi connectivity index (χ1v) is 7.28. The first-order valence-electron chi connectivity index (χ1n) is 7.28. The molecular weight excluding hydrogens is 268 g/mol. The van der Waals surface area contributed by atoms with Crippen molar-refractivity contribution in [3.63, 3.8) is 0 Å². The SMILES string of the molecule is Cc1ccc(N(C)C(=O)N2CCC(CCC(=O)O)C2)cc1. The second kappa shape index (κ2) is 6.61.